The van der Waals surface area contributed by atoms with E-state index in [2.05, 4.69) is 0 Å². The van der Waals surface area contributed by atoms with Crippen molar-refractivity contribution in [1.29, 1.82) is 0 Å². The first kappa shape index (κ1) is 8.67. The predicted octanol–water partition coefficient (Wildman–Crippen LogP) is 1.20. The molecule has 11 heavy (non-hydrogen) atoms. The number of carbonyl (C=O) groups is 1. The van der Waals surface area contributed by atoms with E-state index in [9.17, 15) is 4.79 Å². The Labute approximate surface area is 69.4 Å². The Kier molecular flexibility index (Phi) is 3.02. The molecule has 0 saturated carbocycles. The zero-order chi connectivity index (χ0) is 8.27. The topological polar surface area (TPSA) is 44.8 Å². The molecule has 1 rings (SSSR count). The van der Waals surface area contributed by atoms with Crippen molar-refractivity contribution in [3.63, 3.8) is 0 Å². The molecule has 2 unspecified atom stereocenters. The Morgan fingerprint density at radius 1 is 1.64 bits per heavy atom. The van der Waals surface area contributed by atoms with Gasteiger partial charge in [0.2, 0.25) is 0 Å². The SMILES string of the molecule is CSOCC1OC(=O)OC1C. The van der Waals surface area contributed by atoms with Crippen molar-refractivity contribution >= 4 is 18.2 Å². The summed E-state index contributed by atoms with van der Waals surface area (Å²) in [5.74, 6) is 0. The van der Waals surface area contributed by atoms with Gasteiger partial charge in [0.1, 0.15) is 12.7 Å². The Bertz CT molecular complexity index is 150. The van der Waals surface area contributed by atoms with E-state index >= 15 is 0 Å². The molecular weight excluding hydrogens is 168 g/mol. The molecule has 0 aromatic carbocycles. The smallest absolute Gasteiger partial charge is 0.427 e. The average Bonchev–Trinajstić information content (AvgIpc) is 2.26. The third-order valence-corrected chi connectivity index (χ3v) is 1.78. The molecule has 0 amide bonds. The number of hydrogen-bond acceptors (Lipinski definition) is 5. The van der Waals surface area contributed by atoms with Crippen LogP contribution in [0, 0.1) is 0 Å². The molecule has 2 atom stereocenters. The van der Waals surface area contributed by atoms with Gasteiger partial charge in [-0.25, -0.2) is 4.79 Å². The molecule has 1 aliphatic rings. The fraction of sp³-hybridized carbons (Fsp3) is 0.833. The van der Waals surface area contributed by atoms with E-state index in [0.29, 0.717) is 6.61 Å². The van der Waals surface area contributed by atoms with Crippen LogP contribution in [0.1, 0.15) is 6.92 Å². The van der Waals surface area contributed by atoms with Gasteiger partial charge >= 0.3 is 6.16 Å². The second-order valence-electron chi connectivity index (χ2n) is 2.18. The van der Waals surface area contributed by atoms with Crippen LogP contribution in [0.25, 0.3) is 0 Å². The lowest BCUT2D eigenvalue weighted by Gasteiger charge is -2.08. The lowest BCUT2D eigenvalue weighted by atomic mass is 10.2. The van der Waals surface area contributed by atoms with Crippen molar-refractivity contribution in [2.45, 2.75) is 19.1 Å². The van der Waals surface area contributed by atoms with Gasteiger partial charge in [-0.3, -0.25) is 0 Å². The van der Waals surface area contributed by atoms with E-state index in [-0.39, 0.29) is 12.2 Å². The number of rotatable bonds is 3. The first-order valence-corrected chi connectivity index (χ1v) is 4.42. The van der Waals surface area contributed by atoms with Crippen molar-refractivity contribution in [1.82, 2.24) is 0 Å². The van der Waals surface area contributed by atoms with Gasteiger partial charge in [0.15, 0.2) is 6.10 Å². The van der Waals surface area contributed by atoms with Gasteiger partial charge in [-0.2, -0.15) is 0 Å². The third kappa shape index (κ3) is 2.27. The summed E-state index contributed by atoms with van der Waals surface area (Å²) < 4.78 is 14.5. The van der Waals surface area contributed by atoms with Crippen LogP contribution in [0.4, 0.5) is 4.79 Å². The summed E-state index contributed by atoms with van der Waals surface area (Å²) in [7, 11) is 0. The van der Waals surface area contributed by atoms with Crippen molar-refractivity contribution in [3.05, 3.63) is 0 Å². The quantitative estimate of drug-likeness (QED) is 0.480. The molecule has 0 aromatic rings. The van der Waals surface area contributed by atoms with Crippen molar-refractivity contribution in [3.8, 4) is 0 Å². The van der Waals surface area contributed by atoms with Crippen molar-refractivity contribution in [2.24, 2.45) is 0 Å². The zero-order valence-corrected chi connectivity index (χ0v) is 7.22. The van der Waals surface area contributed by atoms with Gasteiger partial charge in [0, 0.05) is 6.26 Å². The molecule has 0 radical (unpaired) electrons. The normalized spacial score (nSPS) is 29.8. The van der Waals surface area contributed by atoms with Crippen LogP contribution in [0.3, 0.4) is 0 Å². The summed E-state index contributed by atoms with van der Waals surface area (Å²) in [6, 6.07) is 0. The minimum Gasteiger partial charge on any atom is -0.427 e. The third-order valence-electron chi connectivity index (χ3n) is 1.40. The van der Waals surface area contributed by atoms with Crippen LogP contribution in [0.5, 0.6) is 0 Å². The van der Waals surface area contributed by atoms with Crippen LogP contribution >= 0.6 is 12.0 Å². The van der Waals surface area contributed by atoms with Gasteiger partial charge < -0.3 is 13.7 Å². The van der Waals surface area contributed by atoms with Gasteiger partial charge in [-0.05, 0) is 19.0 Å². The predicted molar refractivity (Wildman–Crippen MR) is 40.3 cm³/mol. The fourth-order valence-corrected chi connectivity index (χ4v) is 1.05. The van der Waals surface area contributed by atoms with Gasteiger partial charge in [-0.1, -0.05) is 0 Å². The highest BCUT2D eigenvalue weighted by Gasteiger charge is 2.33. The van der Waals surface area contributed by atoms with Crippen LogP contribution < -0.4 is 0 Å². The number of carbonyl (C=O) groups excluding carboxylic acids is 1. The van der Waals surface area contributed by atoms with E-state index in [1.165, 1.54) is 12.0 Å². The summed E-state index contributed by atoms with van der Waals surface area (Å²) in [6.07, 6.45) is 0.749. The van der Waals surface area contributed by atoms with Gasteiger partial charge in [0.05, 0.1) is 0 Å². The summed E-state index contributed by atoms with van der Waals surface area (Å²) in [5, 5.41) is 0. The van der Waals surface area contributed by atoms with Crippen molar-refractivity contribution in [2.75, 3.05) is 12.9 Å². The molecule has 1 aliphatic heterocycles. The van der Waals surface area contributed by atoms with E-state index in [1.807, 2.05) is 6.26 Å². The Hall–Kier alpha value is -0.420. The van der Waals surface area contributed by atoms with Crippen LogP contribution in [-0.2, 0) is 13.7 Å². The average molecular weight is 178 g/mol. The van der Waals surface area contributed by atoms with Crippen LogP contribution in [0.15, 0.2) is 0 Å². The van der Waals surface area contributed by atoms with E-state index in [1.54, 1.807) is 6.92 Å². The maximum atomic E-state index is 10.5. The molecule has 0 aliphatic carbocycles. The first-order valence-electron chi connectivity index (χ1n) is 3.27. The number of cyclic esters (lactones) is 2. The molecule has 5 heteroatoms. The fourth-order valence-electron chi connectivity index (χ4n) is 0.779. The monoisotopic (exact) mass is 178 g/mol. The maximum absolute atomic E-state index is 10.5. The minimum absolute atomic E-state index is 0.199. The second kappa shape index (κ2) is 3.82. The molecule has 1 fully saturated rings. The van der Waals surface area contributed by atoms with Crippen LogP contribution in [-0.4, -0.2) is 31.2 Å². The molecule has 0 aromatic heterocycles. The molecule has 0 N–H and O–H groups in total. The molecule has 64 valence electrons. The highest BCUT2D eigenvalue weighted by molar-refractivity contribution is 7.93. The second-order valence-corrected chi connectivity index (χ2v) is 2.75. The minimum atomic E-state index is -0.604. The van der Waals surface area contributed by atoms with Crippen LogP contribution in [0.2, 0.25) is 0 Å². The van der Waals surface area contributed by atoms with Gasteiger partial charge in [-0.15, -0.1) is 0 Å². The van der Waals surface area contributed by atoms with E-state index in [4.69, 9.17) is 13.7 Å². The number of hydrogen-bond donors (Lipinski definition) is 0. The maximum Gasteiger partial charge on any atom is 0.509 e. The molecule has 1 heterocycles. The van der Waals surface area contributed by atoms with E-state index in [0.717, 1.165) is 0 Å². The summed E-state index contributed by atoms with van der Waals surface area (Å²) in [5.41, 5.74) is 0. The summed E-state index contributed by atoms with van der Waals surface area (Å²) in [4.78, 5) is 10.5. The van der Waals surface area contributed by atoms with E-state index < -0.39 is 6.16 Å². The van der Waals surface area contributed by atoms with Crippen molar-refractivity contribution < 1.29 is 18.5 Å². The largest absolute Gasteiger partial charge is 0.509 e. The Morgan fingerprint density at radius 2 is 2.36 bits per heavy atom. The molecule has 0 spiro atoms. The Morgan fingerprint density at radius 3 is 2.82 bits per heavy atom. The van der Waals surface area contributed by atoms with Gasteiger partial charge in [0.25, 0.3) is 0 Å². The number of ether oxygens (including phenoxy) is 2. The Balaban J connectivity index is 2.28. The highest BCUT2D eigenvalue weighted by Crippen LogP contribution is 2.15. The summed E-state index contributed by atoms with van der Waals surface area (Å²) in [6.45, 7) is 2.16. The lowest BCUT2D eigenvalue weighted by Crippen LogP contribution is -2.23. The molecule has 1 saturated heterocycles. The highest BCUT2D eigenvalue weighted by atomic mass is 32.2. The molecular formula is C6H10O4S. The lowest BCUT2D eigenvalue weighted by molar-refractivity contribution is 0.101. The zero-order valence-electron chi connectivity index (χ0n) is 6.40. The standard InChI is InChI=1S/C6H10O4S/c1-4-5(3-8-11-2)10-6(7)9-4/h4-5H,3H2,1-2H3. The molecule has 0 bridgehead atoms. The summed E-state index contributed by atoms with van der Waals surface area (Å²) >= 11 is 1.24. The molecule has 4 nitrogen and oxygen atoms in total. The first-order chi connectivity index (χ1) is 5.24.